The largest absolute Gasteiger partial charge is 0.394 e. The van der Waals surface area contributed by atoms with Gasteiger partial charge in [0.1, 0.15) is 36.6 Å². The van der Waals surface area contributed by atoms with Gasteiger partial charge >= 0.3 is 10.4 Å². The van der Waals surface area contributed by atoms with Crippen molar-refractivity contribution in [2.45, 2.75) is 49.2 Å². The van der Waals surface area contributed by atoms with E-state index in [4.69, 9.17) is 57.6 Å². The Balaban J connectivity index is 0. The van der Waals surface area contributed by atoms with Gasteiger partial charge in [-0.2, -0.15) is 8.42 Å². The van der Waals surface area contributed by atoms with Gasteiger partial charge in [0.2, 0.25) is 0 Å². The first kappa shape index (κ1) is 33.1. The molecule has 0 aromatic rings. The summed E-state index contributed by atoms with van der Waals surface area (Å²) >= 11 is 0. The first-order valence-electron chi connectivity index (χ1n) is 8.84. The van der Waals surface area contributed by atoms with Crippen LogP contribution in [0, 0.1) is 0 Å². The number of aliphatic hydroxyl groups is 8. The molecule has 0 radical (unpaired) electrons. The van der Waals surface area contributed by atoms with Crippen molar-refractivity contribution in [2.75, 3.05) is 26.4 Å². The van der Waals surface area contributed by atoms with Crippen LogP contribution in [0.5, 0.6) is 0 Å². The van der Waals surface area contributed by atoms with E-state index in [9.17, 15) is 10.2 Å². The van der Waals surface area contributed by atoms with Crippen molar-refractivity contribution in [1.82, 2.24) is 0 Å². The highest BCUT2D eigenvalue weighted by Gasteiger charge is 2.38. The monoisotopic (exact) mass is 496 g/mol. The summed E-state index contributed by atoms with van der Waals surface area (Å²) in [5, 5.41) is 70.7. The Morgan fingerprint density at radius 3 is 1.59 bits per heavy atom. The van der Waals surface area contributed by atoms with Crippen molar-refractivity contribution in [2.24, 2.45) is 0 Å². The van der Waals surface area contributed by atoms with E-state index in [1.165, 1.54) is 12.2 Å². The number of rotatable bonds is 4. The first-order chi connectivity index (χ1) is 14.7. The van der Waals surface area contributed by atoms with E-state index in [0.29, 0.717) is 0 Å². The molecule has 2 aliphatic rings. The summed E-state index contributed by atoms with van der Waals surface area (Å²) in [7, 11) is -4.67. The molecule has 0 saturated carbocycles. The molecule has 0 bridgehead atoms. The summed E-state index contributed by atoms with van der Waals surface area (Å²) < 4.78 is 46.0. The maximum absolute atomic E-state index is 9.34. The average Bonchev–Trinajstić information content (AvgIpc) is 2.72. The average molecular weight is 496 g/mol. The van der Waals surface area contributed by atoms with Crippen LogP contribution in [0.3, 0.4) is 0 Å². The van der Waals surface area contributed by atoms with Gasteiger partial charge in [0.05, 0.1) is 26.4 Å². The van der Waals surface area contributed by atoms with Crippen molar-refractivity contribution in [1.29, 1.82) is 0 Å². The van der Waals surface area contributed by atoms with Crippen LogP contribution in [0.15, 0.2) is 25.3 Å². The summed E-state index contributed by atoms with van der Waals surface area (Å²) in [4.78, 5) is 0. The van der Waals surface area contributed by atoms with Crippen LogP contribution in [0.2, 0.25) is 0 Å². The van der Waals surface area contributed by atoms with E-state index in [2.05, 4.69) is 17.9 Å². The van der Waals surface area contributed by atoms with Gasteiger partial charge in [-0.3, -0.25) is 9.11 Å². The van der Waals surface area contributed by atoms with Crippen LogP contribution in [0.1, 0.15) is 0 Å². The number of hydrogen-bond acceptors (Lipinski definition) is 13. The minimum atomic E-state index is -4.67. The third-order valence-electron chi connectivity index (χ3n) is 3.44. The lowest BCUT2D eigenvalue weighted by atomic mass is 10.1. The lowest BCUT2D eigenvalue weighted by molar-refractivity contribution is -0.266. The second-order valence-electron chi connectivity index (χ2n) is 6.06. The summed E-state index contributed by atoms with van der Waals surface area (Å²) in [6, 6.07) is 0. The van der Waals surface area contributed by atoms with Gasteiger partial charge in [-0.25, -0.2) is 0 Å². The Hall–Kier alpha value is -1.09. The number of aliphatic hydroxyl groups excluding tert-OH is 8. The lowest BCUT2D eigenvalue weighted by Crippen LogP contribution is -2.53. The van der Waals surface area contributed by atoms with Crippen LogP contribution < -0.4 is 0 Å². The molecular weight excluding hydrogens is 464 g/mol. The van der Waals surface area contributed by atoms with Gasteiger partial charge in [-0.15, -0.1) is 13.2 Å². The van der Waals surface area contributed by atoms with E-state index < -0.39 is 59.6 Å². The van der Waals surface area contributed by atoms with Crippen molar-refractivity contribution in [3.8, 4) is 0 Å². The molecule has 0 amide bonds. The molecule has 2 saturated heterocycles. The molecule has 2 rings (SSSR count). The molecule has 2 aliphatic heterocycles. The number of ether oxygens (including phenoxy) is 3. The summed E-state index contributed by atoms with van der Waals surface area (Å²) in [6.07, 6.45) is -6.68. The second kappa shape index (κ2) is 17.4. The highest BCUT2D eigenvalue weighted by Crippen LogP contribution is 2.16. The van der Waals surface area contributed by atoms with Gasteiger partial charge in [0.25, 0.3) is 0 Å². The van der Waals surface area contributed by atoms with Crippen LogP contribution in [0.25, 0.3) is 0 Å². The van der Waals surface area contributed by atoms with E-state index in [1.54, 1.807) is 0 Å². The fourth-order valence-corrected chi connectivity index (χ4v) is 1.88. The molecule has 0 spiro atoms. The zero-order chi connectivity index (χ0) is 25.5. The van der Waals surface area contributed by atoms with E-state index in [1.807, 2.05) is 0 Å². The predicted molar refractivity (Wildman–Crippen MR) is 105 cm³/mol. The Bertz CT molecular complexity index is 578. The quantitative estimate of drug-likeness (QED) is 0.130. The molecule has 10 N–H and O–H groups in total. The van der Waals surface area contributed by atoms with Gasteiger partial charge in [-0.05, 0) is 0 Å². The smallest absolute Gasteiger partial charge is 0.392 e. The van der Waals surface area contributed by atoms with Crippen LogP contribution in [-0.2, 0) is 24.6 Å². The zero-order valence-corrected chi connectivity index (χ0v) is 17.8. The van der Waals surface area contributed by atoms with Gasteiger partial charge in [0, 0.05) is 0 Å². The maximum Gasteiger partial charge on any atom is 0.394 e. The molecule has 0 aromatic carbocycles. The molecule has 2 heterocycles. The van der Waals surface area contributed by atoms with E-state index in [0.717, 1.165) is 0 Å². The highest BCUT2D eigenvalue weighted by molar-refractivity contribution is 7.79. The molecule has 8 atom stereocenters. The Labute approximate surface area is 184 Å². The molecule has 0 aliphatic carbocycles. The molecular formula is C16H32O15S. The fourth-order valence-electron chi connectivity index (χ4n) is 1.88. The van der Waals surface area contributed by atoms with Gasteiger partial charge < -0.3 is 55.1 Å². The van der Waals surface area contributed by atoms with Gasteiger partial charge in [-0.1, -0.05) is 12.2 Å². The van der Waals surface area contributed by atoms with Crippen molar-refractivity contribution in [3.05, 3.63) is 25.3 Å². The third-order valence-corrected chi connectivity index (χ3v) is 3.44. The highest BCUT2D eigenvalue weighted by atomic mass is 32.3. The normalized spacial score (nSPS) is 34.3. The van der Waals surface area contributed by atoms with Crippen molar-refractivity contribution < 1.29 is 72.6 Å². The second-order valence-corrected chi connectivity index (χ2v) is 6.96. The molecule has 16 heteroatoms. The summed E-state index contributed by atoms with van der Waals surface area (Å²) in [6.45, 7) is 6.77. The lowest BCUT2D eigenvalue weighted by Gasteiger charge is -2.34. The van der Waals surface area contributed by atoms with E-state index >= 15 is 0 Å². The van der Waals surface area contributed by atoms with Crippen LogP contribution in [-0.4, -0.2) is 134 Å². The Kier molecular flexibility index (Phi) is 18.0. The zero-order valence-electron chi connectivity index (χ0n) is 16.9. The molecule has 2 fully saturated rings. The van der Waals surface area contributed by atoms with Gasteiger partial charge in [0.15, 0.2) is 12.6 Å². The van der Waals surface area contributed by atoms with Crippen molar-refractivity contribution >= 4 is 10.4 Å². The summed E-state index contributed by atoms with van der Waals surface area (Å²) in [5.41, 5.74) is 0. The minimum absolute atomic E-state index is 0.0416. The predicted octanol–water partition coefficient (Wildman–Crippen LogP) is -4.44. The Morgan fingerprint density at radius 1 is 0.812 bits per heavy atom. The third kappa shape index (κ3) is 15.7. The topological polar surface area (TPSA) is 264 Å². The van der Waals surface area contributed by atoms with Crippen LogP contribution >= 0.6 is 0 Å². The van der Waals surface area contributed by atoms with Crippen LogP contribution in [0.4, 0.5) is 0 Å². The maximum atomic E-state index is 9.34. The molecule has 32 heavy (non-hydrogen) atoms. The summed E-state index contributed by atoms with van der Waals surface area (Å²) in [5.74, 6) is 0. The number of hydrogen-bond donors (Lipinski definition) is 10. The molecule has 2 unspecified atom stereocenters. The Morgan fingerprint density at radius 2 is 1.22 bits per heavy atom. The van der Waals surface area contributed by atoms with Crippen molar-refractivity contribution in [3.63, 3.8) is 0 Å². The van der Waals surface area contributed by atoms with E-state index in [-0.39, 0.29) is 26.4 Å². The molecule has 0 aromatic heterocycles. The fraction of sp³-hybridized carbons (Fsp3) is 0.750. The molecule has 192 valence electrons. The first-order valence-corrected chi connectivity index (χ1v) is 10.2. The SMILES string of the molecule is C=CCO.C=CCOC1OC[C@@H](O)[C@H](O)[C@@H]1O.O=S(=O)(O)O.OC1OC[C@@H](O)[C@H](O)[C@@H]1O. The minimum Gasteiger partial charge on any atom is -0.392 e. The molecule has 15 nitrogen and oxygen atoms in total. The standard InChI is InChI=1S/C8H14O5.C5H10O5.C3H6O.H2O4S/c1-2-3-12-8-7(11)6(10)5(9)4-13-8;6-2-1-10-5(9)4(8)3(2)7;1-2-3-4;1-5(2,3)4/h2,5-11H,1,3-4H2;2-9H,1H2;2,4H,1,3H2;(H2,1,2,3,4)/t5-,6+,7+,8?;2-,3+,4+,5?;;/m11../s1.